The van der Waals surface area contributed by atoms with Crippen LogP contribution in [0.1, 0.15) is 51.0 Å². The van der Waals surface area contributed by atoms with Gasteiger partial charge in [-0.3, -0.25) is 13.9 Å². The Kier molecular flexibility index (Phi) is 11.1. The Hall–Kier alpha value is -4.05. The molecule has 1 saturated carbocycles. The van der Waals surface area contributed by atoms with E-state index in [1.807, 2.05) is 25.1 Å². The van der Waals surface area contributed by atoms with Crippen LogP contribution in [-0.2, 0) is 26.2 Å². The number of hydrogen-bond acceptors (Lipinski definition) is 6. The molecule has 3 aromatic rings. The maximum atomic E-state index is 14.3. The second-order valence-electron chi connectivity index (χ2n) is 10.7. The van der Waals surface area contributed by atoms with Crippen molar-refractivity contribution in [2.45, 2.75) is 69.0 Å². The number of ether oxygens (including phenoxy) is 2. The molecule has 230 valence electrons. The number of carbonyl (C=O) groups is 2. The smallest absolute Gasteiger partial charge is 0.264 e. The molecule has 1 N–H and O–H groups in total. The molecule has 0 spiro atoms. The maximum absolute atomic E-state index is 14.3. The van der Waals surface area contributed by atoms with Gasteiger partial charge in [0, 0.05) is 12.6 Å². The van der Waals surface area contributed by atoms with Gasteiger partial charge in [0.1, 0.15) is 24.1 Å². The Morgan fingerprint density at radius 1 is 0.884 bits per heavy atom. The summed E-state index contributed by atoms with van der Waals surface area (Å²) in [5.74, 6) is 0.449. The van der Waals surface area contributed by atoms with Crippen LogP contribution < -0.4 is 19.1 Å². The molecule has 0 aromatic heterocycles. The zero-order valence-electron chi connectivity index (χ0n) is 25.1. The quantitative estimate of drug-likeness (QED) is 0.288. The van der Waals surface area contributed by atoms with Gasteiger partial charge in [0.25, 0.3) is 10.0 Å². The summed E-state index contributed by atoms with van der Waals surface area (Å²) in [7, 11) is -1.05. The summed E-state index contributed by atoms with van der Waals surface area (Å²) >= 11 is 0. The topological polar surface area (TPSA) is 105 Å². The minimum atomic E-state index is -4.14. The fourth-order valence-corrected chi connectivity index (χ4v) is 6.86. The molecule has 10 heteroatoms. The molecule has 0 radical (unpaired) electrons. The lowest BCUT2D eigenvalue weighted by molar-refractivity contribution is -0.140. The van der Waals surface area contributed by atoms with Crippen LogP contribution in [0, 0.1) is 0 Å². The van der Waals surface area contributed by atoms with E-state index in [9.17, 15) is 18.0 Å². The van der Waals surface area contributed by atoms with E-state index in [-0.39, 0.29) is 23.4 Å². The van der Waals surface area contributed by atoms with Crippen molar-refractivity contribution >= 4 is 27.5 Å². The molecule has 1 aliphatic rings. The normalized spacial score (nSPS) is 14.4. The molecule has 0 heterocycles. The highest BCUT2D eigenvalue weighted by Crippen LogP contribution is 2.27. The molecule has 9 nitrogen and oxygen atoms in total. The minimum absolute atomic E-state index is 0.0556. The van der Waals surface area contributed by atoms with E-state index in [1.165, 1.54) is 24.1 Å². The number of sulfonamides is 1. The zero-order valence-corrected chi connectivity index (χ0v) is 25.9. The van der Waals surface area contributed by atoms with Gasteiger partial charge in [0.15, 0.2) is 0 Å². The highest BCUT2D eigenvalue weighted by Gasteiger charge is 2.34. The Labute approximate surface area is 254 Å². The molecule has 0 unspecified atom stereocenters. The van der Waals surface area contributed by atoms with Crippen LogP contribution in [0.2, 0.25) is 0 Å². The van der Waals surface area contributed by atoms with Gasteiger partial charge in [-0.1, -0.05) is 56.5 Å². The van der Waals surface area contributed by atoms with Crippen LogP contribution in [0.15, 0.2) is 83.8 Å². The number of carbonyl (C=O) groups excluding carboxylic acids is 2. The third-order valence-corrected chi connectivity index (χ3v) is 9.58. The lowest BCUT2D eigenvalue weighted by Gasteiger charge is -2.34. The van der Waals surface area contributed by atoms with E-state index in [4.69, 9.17) is 9.47 Å². The van der Waals surface area contributed by atoms with Gasteiger partial charge < -0.3 is 19.7 Å². The summed E-state index contributed by atoms with van der Waals surface area (Å²) in [6.45, 7) is 1.47. The number of nitrogens with zero attached hydrogens (tertiary/aromatic N) is 2. The van der Waals surface area contributed by atoms with Crippen molar-refractivity contribution in [2.24, 2.45) is 0 Å². The summed E-state index contributed by atoms with van der Waals surface area (Å²) in [6, 6.07) is 21.1. The monoisotopic (exact) mass is 607 g/mol. The fraction of sp³-hybridized carbons (Fsp3) is 0.394. The molecule has 0 bridgehead atoms. The second-order valence-corrected chi connectivity index (χ2v) is 12.5. The summed E-state index contributed by atoms with van der Waals surface area (Å²) < 4.78 is 39.6. The summed E-state index contributed by atoms with van der Waals surface area (Å²) in [4.78, 5) is 29.5. The molecule has 4 rings (SSSR count). The zero-order chi connectivity index (χ0) is 30.8. The number of benzene rings is 3. The van der Waals surface area contributed by atoms with E-state index >= 15 is 0 Å². The Morgan fingerprint density at radius 2 is 1.56 bits per heavy atom. The van der Waals surface area contributed by atoms with Crippen LogP contribution in [-0.4, -0.2) is 58.0 Å². The third kappa shape index (κ3) is 8.07. The van der Waals surface area contributed by atoms with Gasteiger partial charge in [-0.25, -0.2) is 8.42 Å². The predicted octanol–water partition coefficient (Wildman–Crippen LogP) is 5.16. The second kappa shape index (κ2) is 14.9. The highest BCUT2D eigenvalue weighted by molar-refractivity contribution is 7.92. The Morgan fingerprint density at radius 3 is 2.19 bits per heavy atom. The average Bonchev–Trinajstić information content (AvgIpc) is 3.04. The summed E-state index contributed by atoms with van der Waals surface area (Å²) in [6.07, 6.45) is 5.45. The molecule has 43 heavy (non-hydrogen) atoms. The van der Waals surface area contributed by atoms with Crippen molar-refractivity contribution in [3.8, 4) is 11.5 Å². The number of hydrogen-bond donors (Lipinski definition) is 1. The molecular formula is C33H41N3O6S. The van der Waals surface area contributed by atoms with Crippen LogP contribution >= 0.6 is 0 Å². The molecule has 0 saturated heterocycles. The Bertz CT molecular complexity index is 1460. The first-order chi connectivity index (χ1) is 20.8. The Balaban J connectivity index is 1.71. The van der Waals surface area contributed by atoms with Gasteiger partial charge in [0.05, 0.1) is 24.8 Å². The van der Waals surface area contributed by atoms with E-state index in [2.05, 4.69) is 5.32 Å². The van der Waals surface area contributed by atoms with Gasteiger partial charge in [-0.15, -0.1) is 0 Å². The number of methoxy groups -OCH3 is 2. The van der Waals surface area contributed by atoms with Crippen LogP contribution in [0.5, 0.6) is 11.5 Å². The standard InChI is InChI=1S/C33H41N3O6S/c1-4-31(33(38)34-26-13-7-5-8-14-26)35(23-25-12-11-15-29(22-25)42-3)32(37)24-36(27-18-20-28(41-2)21-19-27)43(39,40)30-16-9-6-10-17-30/h6,9-12,15-22,26,31H,4-5,7-8,13-14,23-24H2,1-3H3,(H,34,38)/t31-/m0/s1. The van der Waals surface area contributed by atoms with Crippen LogP contribution in [0.4, 0.5) is 5.69 Å². The van der Waals surface area contributed by atoms with E-state index in [0.717, 1.165) is 42.0 Å². The van der Waals surface area contributed by atoms with Crippen molar-refractivity contribution in [1.82, 2.24) is 10.2 Å². The molecular weight excluding hydrogens is 566 g/mol. The number of nitrogens with one attached hydrogen (secondary N) is 1. The van der Waals surface area contributed by atoms with E-state index in [1.54, 1.807) is 55.6 Å². The van der Waals surface area contributed by atoms with E-state index in [0.29, 0.717) is 23.6 Å². The fourth-order valence-electron chi connectivity index (χ4n) is 5.43. The van der Waals surface area contributed by atoms with Gasteiger partial charge >= 0.3 is 0 Å². The number of amides is 2. The first kappa shape index (κ1) is 31.9. The van der Waals surface area contributed by atoms with Crippen molar-refractivity contribution in [2.75, 3.05) is 25.1 Å². The maximum Gasteiger partial charge on any atom is 0.264 e. The van der Waals surface area contributed by atoms with Crippen molar-refractivity contribution in [1.29, 1.82) is 0 Å². The number of rotatable bonds is 13. The lowest BCUT2D eigenvalue weighted by Crippen LogP contribution is -2.54. The largest absolute Gasteiger partial charge is 0.497 e. The van der Waals surface area contributed by atoms with Gasteiger partial charge in [-0.05, 0) is 73.4 Å². The summed E-state index contributed by atoms with van der Waals surface area (Å²) in [5, 5.41) is 3.16. The highest BCUT2D eigenvalue weighted by atomic mass is 32.2. The first-order valence-corrected chi connectivity index (χ1v) is 16.2. The summed E-state index contributed by atoms with van der Waals surface area (Å²) in [5.41, 5.74) is 1.07. The predicted molar refractivity (Wildman–Crippen MR) is 167 cm³/mol. The molecule has 0 aliphatic heterocycles. The molecule has 1 fully saturated rings. The van der Waals surface area contributed by atoms with E-state index < -0.39 is 28.5 Å². The molecule has 1 atom stereocenters. The van der Waals surface area contributed by atoms with Gasteiger partial charge in [-0.2, -0.15) is 0 Å². The van der Waals surface area contributed by atoms with Crippen LogP contribution in [0.3, 0.4) is 0 Å². The lowest BCUT2D eigenvalue weighted by atomic mass is 9.95. The average molecular weight is 608 g/mol. The minimum Gasteiger partial charge on any atom is -0.497 e. The molecule has 1 aliphatic carbocycles. The first-order valence-electron chi connectivity index (χ1n) is 14.7. The van der Waals surface area contributed by atoms with Crippen molar-refractivity contribution in [3.63, 3.8) is 0 Å². The van der Waals surface area contributed by atoms with Crippen molar-refractivity contribution in [3.05, 3.63) is 84.4 Å². The third-order valence-electron chi connectivity index (χ3n) is 7.80. The van der Waals surface area contributed by atoms with Crippen LogP contribution in [0.25, 0.3) is 0 Å². The molecule has 2 amide bonds. The SMILES string of the molecule is CC[C@@H](C(=O)NC1CCCCC1)N(Cc1cccc(OC)c1)C(=O)CN(c1ccc(OC)cc1)S(=O)(=O)c1ccccc1. The van der Waals surface area contributed by atoms with Crippen molar-refractivity contribution < 1.29 is 27.5 Å². The van der Waals surface area contributed by atoms with Gasteiger partial charge in [0.2, 0.25) is 11.8 Å². The molecule has 3 aromatic carbocycles. The number of anilines is 1.